The number of aromatic nitrogens is 3. The van der Waals surface area contributed by atoms with Crippen LogP contribution in [0.3, 0.4) is 0 Å². The van der Waals surface area contributed by atoms with Gasteiger partial charge in [0, 0.05) is 56.8 Å². The Morgan fingerprint density at radius 1 is 0.864 bits per heavy atom. The average molecular weight is 602 g/mol. The Labute approximate surface area is 257 Å². The summed E-state index contributed by atoms with van der Waals surface area (Å²) in [7, 11) is 1.58. The highest BCUT2D eigenvalue weighted by molar-refractivity contribution is 5.95. The number of amides is 4. The van der Waals surface area contributed by atoms with Crippen molar-refractivity contribution in [2.45, 2.75) is 50.7 Å². The van der Waals surface area contributed by atoms with Crippen LogP contribution in [0.1, 0.15) is 52.8 Å². The lowest BCUT2D eigenvalue weighted by Crippen LogP contribution is -2.46. The summed E-state index contributed by atoms with van der Waals surface area (Å²) in [6, 6.07) is 15.1. The third kappa shape index (κ3) is 7.42. The van der Waals surface area contributed by atoms with E-state index in [4.69, 9.17) is 4.74 Å². The van der Waals surface area contributed by atoms with Gasteiger partial charge in [0.25, 0.3) is 11.8 Å². The second-order valence-corrected chi connectivity index (χ2v) is 11.1. The molecular formula is C32H39N7O5. The number of methoxy groups -OCH3 is 1. The molecule has 0 spiro atoms. The van der Waals surface area contributed by atoms with Crippen molar-refractivity contribution in [2.75, 3.05) is 39.8 Å². The zero-order valence-corrected chi connectivity index (χ0v) is 25.0. The highest BCUT2D eigenvalue weighted by Crippen LogP contribution is 2.26. The first kappa shape index (κ1) is 30.7. The van der Waals surface area contributed by atoms with Crippen LogP contribution in [0.4, 0.5) is 0 Å². The predicted molar refractivity (Wildman–Crippen MR) is 162 cm³/mol. The molecule has 0 unspecified atom stereocenters. The maximum absolute atomic E-state index is 13.9. The molecule has 232 valence electrons. The Kier molecular flexibility index (Phi) is 10.2. The van der Waals surface area contributed by atoms with Crippen molar-refractivity contribution in [1.82, 2.24) is 34.8 Å². The van der Waals surface area contributed by atoms with Gasteiger partial charge in [0.2, 0.25) is 11.8 Å². The summed E-state index contributed by atoms with van der Waals surface area (Å²) in [4.78, 5) is 59.5. The fourth-order valence-electron chi connectivity index (χ4n) is 5.89. The van der Waals surface area contributed by atoms with Gasteiger partial charge in [0.1, 0.15) is 24.4 Å². The molecule has 2 aliphatic rings. The Bertz CT molecular complexity index is 1410. The molecule has 0 radical (unpaired) electrons. The molecule has 44 heavy (non-hydrogen) atoms. The Balaban J connectivity index is 1.37. The topological polar surface area (TPSA) is 130 Å². The number of aryl methyl sites for hydroxylation is 1. The maximum atomic E-state index is 13.9. The molecule has 3 heterocycles. The predicted octanol–water partition coefficient (Wildman–Crippen LogP) is 2.23. The van der Waals surface area contributed by atoms with Gasteiger partial charge in [-0.05, 0) is 62.1 Å². The smallest absolute Gasteiger partial charge is 0.254 e. The van der Waals surface area contributed by atoms with Crippen LogP contribution in [0, 0.1) is 0 Å². The lowest BCUT2D eigenvalue weighted by Gasteiger charge is -2.31. The van der Waals surface area contributed by atoms with Crippen molar-refractivity contribution in [3.05, 3.63) is 78.4 Å². The summed E-state index contributed by atoms with van der Waals surface area (Å²) in [6.07, 6.45) is 5.57. The first-order valence-electron chi connectivity index (χ1n) is 15.1. The molecule has 2 bridgehead atoms. The van der Waals surface area contributed by atoms with Gasteiger partial charge >= 0.3 is 0 Å². The monoisotopic (exact) mass is 601 g/mol. The van der Waals surface area contributed by atoms with Gasteiger partial charge in [-0.3, -0.25) is 19.2 Å². The fourth-order valence-corrected chi connectivity index (χ4v) is 5.89. The van der Waals surface area contributed by atoms with E-state index in [0.717, 1.165) is 0 Å². The number of fused-ring (bicyclic) bond motifs is 2. The minimum atomic E-state index is -0.671. The molecule has 2 aliphatic heterocycles. The van der Waals surface area contributed by atoms with Crippen LogP contribution in [0.2, 0.25) is 0 Å². The number of nitrogens with one attached hydrogen (secondary N) is 1. The molecule has 0 aliphatic carbocycles. The van der Waals surface area contributed by atoms with Gasteiger partial charge in [-0.2, -0.15) is 0 Å². The van der Waals surface area contributed by atoms with E-state index in [2.05, 4.69) is 15.5 Å². The second-order valence-electron chi connectivity index (χ2n) is 11.1. The van der Waals surface area contributed by atoms with E-state index in [0.29, 0.717) is 75.3 Å². The molecule has 1 aromatic heterocycles. The van der Waals surface area contributed by atoms with E-state index in [1.807, 2.05) is 23.1 Å². The Hall–Kier alpha value is -4.74. The summed E-state index contributed by atoms with van der Waals surface area (Å²) >= 11 is 0. The summed E-state index contributed by atoms with van der Waals surface area (Å²) < 4.78 is 6.96. The molecule has 3 aromatic rings. The van der Waals surface area contributed by atoms with Crippen molar-refractivity contribution >= 4 is 23.6 Å². The number of carbonyl (C=O) groups is 4. The lowest BCUT2D eigenvalue weighted by molar-refractivity contribution is -0.138. The van der Waals surface area contributed by atoms with Gasteiger partial charge in [-0.1, -0.05) is 18.2 Å². The number of hydrogen-bond donors (Lipinski definition) is 1. The second kappa shape index (κ2) is 14.6. The van der Waals surface area contributed by atoms with Gasteiger partial charge in [-0.25, -0.2) is 0 Å². The van der Waals surface area contributed by atoms with Crippen molar-refractivity contribution in [3.8, 4) is 5.75 Å². The fraction of sp³-hybridized carbons (Fsp3) is 0.438. The Morgan fingerprint density at radius 2 is 1.57 bits per heavy atom. The number of ether oxygens (including phenoxy) is 1. The normalized spacial score (nSPS) is 19.7. The van der Waals surface area contributed by atoms with Crippen molar-refractivity contribution in [1.29, 1.82) is 0 Å². The number of benzene rings is 2. The number of rotatable bonds is 6. The molecular weight excluding hydrogens is 562 g/mol. The molecule has 12 nitrogen and oxygen atoms in total. The molecule has 2 atom stereocenters. The summed E-state index contributed by atoms with van der Waals surface area (Å²) in [5.74, 6) is 0.0493. The summed E-state index contributed by atoms with van der Waals surface area (Å²) in [5, 5.41) is 10.6. The van der Waals surface area contributed by atoms with Crippen molar-refractivity contribution in [3.63, 3.8) is 0 Å². The molecule has 2 fully saturated rings. The average Bonchev–Trinajstić information content (AvgIpc) is 3.75. The van der Waals surface area contributed by atoms with Crippen molar-refractivity contribution < 1.29 is 23.9 Å². The first-order valence-corrected chi connectivity index (χ1v) is 15.1. The van der Waals surface area contributed by atoms with Crippen LogP contribution in [-0.4, -0.2) is 105 Å². The standard InChI is InChI=1S/C32H39N7O5/c1-44-27-12-10-25(11-13-27)31(42)37-16-6-5-15-33-30(41)28-20-26(21-39(28)29(40)14-19-36-22-34-35-23-36)38(18-7-17-37)32(43)24-8-3-2-4-9-24/h2-4,8-13,22-23,26,28H,5-7,14-21H2,1H3,(H,33,41)/t26-,28-/m0/s1. The maximum Gasteiger partial charge on any atom is 0.254 e. The molecule has 1 N–H and O–H groups in total. The number of carbonyl (C=O) groups excluding carboxylic acids is 4. The third-order valence-corrected chi connectivity index (χ3v) is 8.28. The van der Waals surface area contributed by atoms with E-state index < -0.39 is 6.04 Å². The van der Waals surface area contributed by atoms with Gasteiger partial charge in [-0.15, -0.1) is 10.2 Å². The van der Waals surface area contributed by atoms with E-state index in [9.17, 15) is 19.2 Å². The van der Waals surface area contributed by atoms with Crippen LogP contribution >= 0.6 is 0 Å². The van der Waals surface area contributed by atoms with Crippen molar-refractivity contribution in [2.24, 2.45) is 0 Å². The van der Waals surface area contributed by atoms with E-state index >= 15 is 0 Å². The number of hydrogen-bond acceptors (Lipinski definition) is 7. The molecule has 5 rings (SSSR count). The van der Waals surface area contributed by atoms with Gasteiger partial charge in [0.15, 0.2) is 0 Å². The zero-order chi connectivity index (χ0) is 30.9. The number of likely N-dealkylation sites (tertiary alicyclic amines) is 1. The van der Waals surface area contributed by atoms with Gasteiger partial charge in [0.05, 0.1) is 13.2 Å². The summed E-state index contributed by atoms with van der Waals surface area (Å²) in [6.45, 7) is 2.45. The molecule has 0 saturated carbocycles. The minimum absolute atomic E-state index is 0.0875. The quantitative estimate of drug-likeness (QED) is 0.459. The van der Waals surface area contributed by atoms with Gasteiger partial charge < -0.3 is 29.3 Å². The molecule has 12 heteroatoms. The van der Waals surface area contributed by atoms with E-state index in [-0.39, 0.29) is 42.6 Å². The third-order valence-electron chi connectivity index (χ3n) is 8.28. The first-order chi connectivity index (χ1) is 21.4. The van der Waals surface area contributed by atoms with Crippen LogP contribution < -0.4 is 10.1 Å². The van der Waals surface area contributed by atoms with Crippen LogP contribution in [-0.2, 0) is 16.1 Å². The minimum Gasteiger partial charge on any atom is -0.497 e. The highest BCUT2D eigenvalue weighted by atomic mass is 16.5. The van der Waals surface area contributed by atoms with Crippen LogP contribution in [0.5, 0.6) is 5.75 Å². The highest BCUT2D eigenvalue weighted by Gasteiger charge is 2.42. The largest absolute Gasteiger partial charge is 0.497 e. The van der Waals surface area contributed by atoms with Crippen LogP contribution in [0.15, 0.2) is 67.3 Å². The zero-order valence-electron chi connectivity index (χ0n) is 25.0. The SMILES string of the molecule is COc1ccc(C(=O)N2CCCCNC(=O)[C@@H]3C[C@@H](CN3C(=O)CCn3cnnc3)N(C(=O)c3ccccc3)CCC2)cc1. The molecule has 2 aromatic carbocycles. The molecule has 4 amide bonds. The Morgan fingerprint density at radius 3 is 2.30 bits per heavy atom. The van der Waals surface area contributed by atoms with E-state index in [1.165, 1.54) is 0 Å². The van der Waals surface area contributed by atoms with Crippen LogP contribution in [0.25, 0.3) is 0 Å². The number of nitrogens with zero attached hydrogens (tertiary/aromatic N) is 6. The van der Waals surface area contributed by atoms with E-state index in [1.54, 1.807) is 70.5 Å². The lowest BCUT2D eigenvalue weighted by atomic mass is 10.1. The molecule has 2 saturated heterocycles. The summed E-state index contributed by atoms with van der Waals surface area (Å²) in [5.41, 5.74) is 1.11.